The summed E-state index contributed by atoms with van der Waals surface area (Å²) in [7, 11) is -4.76. The third-order valence-electron chi connectivity index (χ3n) is 5.68. The van der Waals surface area contributed by atoms with Gasteiger partial charge in [-0.25, -0.2) is 9.59 Å². The number of benzene rings is 2. The summed E-state index contributed by atoms with van der Waals surface area (Å²) in [5.41, 5.74) is -0.394. The molecule has 42 heavy (non-hydrogen) atoms. The minimum atomic E-state index is -4.76. The van der Waals surface area contributed by atoms with Crippen molar-refractivity contribution in [3.05, 3.63) is 54.1 Å². The molecule has 0 spiro atoms. The highest BCUT2D eigenvalue weighted by molar-refractivity contribution is 7.82. The maximum Gasteiger partial charge on any atom is 0.501 e. The number of carbonyl (C=O) groups is 2. The van der Waals surface area contributed by atoms with E-state index in [0.29, 0.717) is 5.56 Å². The second kappa shape index (κ2) is 13.5. The number of aliphatic hydroxyl groups is 4. The second-order valence-electron chi connectivity index (χ2n) is 10.2. The minimum absolute atomic E-state index is 0.138. The van der Waals surface area contributed by atoms with Crippen molar-refractivity contribution in [1.29, 1.82) is 0 Å². The zero-order valence-electron chi connectivity index (χ0n) is 22.8. The molecule has 2 aromatic carbocycles. The number of carbonyl (C=O) groups excluding carboxylic acids is 1. The van der Waals surface area contributed by atoms with Crippen LogP contribution in [0, 0.1) is 0 Å². The lowest BCUT2D eigenvalue weighted by Crippen LogP contribution is -2.60. The van der Waals surface area contributed by atoms with E-state index in [-0.39, 0.29) is 23.7 Å². The molecule has 232 valence electrons. The predicted octanol–water partition coefficient (Wildman–Crippen LogP) is 0.0883. The molecule has 1 aliphatic rings. The van der Waals surface area contributed by atoms with Gasteiger partial charge >= 0.3 is 22.5 Å². The molecular weight excluding hydrogens is 582 g/mol. The van der Waals surface area contributed by atoms with Crippen LogP contribution < -0.4 is 18.4 Å². The Hall–Kier alpha value is -3.67. The van der Waals surface area contributed by atoms with Crippen LogP contribution in [0.5, 0.6) is 17.2 Å². The fourth-order valence-electron chi connectivity index (χ4n) is 3.72. The van der Waals surface area contributed by atoms with Crippen LogP contribution in [0.2, 0.25) is 0 Å². The fraction of sp³-hybridized carbons (Fsp3) is 0.462. The van der Waals surface area contributed by atoms with Gasteiger partial charge in [0.05, 0.1) is 6.61 Å². The number of para-hydroxylation sites is 2. The van der Waals surface area contributed by atoms with Gasteiger partial charge < -0.3 is 53.4 Å². The number of hydrogen-bond donors (Lipinski definition) is 6. The summed E-state index contributed by atoms with van der Waals surface area (Å²) in [6.07, 6.45) is -8.98. The van der Waals surface area contributed by atoms with Gasteiger partial charge in [0.25, 0.3) is 0 Å². The number of hydrogen-bond acceptors (Lipinski definition) is 13. The summed E-state index contributed by atoms with van der Waals surface area (Å²) in [4.78, 5) is 23.6. The Kier molecular flexibility index (Phi) is 10.6. The van der Waals surface area contributed by atoms with Crippen LogP contribution in [0.4, 0.5) is 4.79 Å². The van der Waals surface area contributed by atoms with Gasteiger partial charge in [0, 0.05) is 6.42 Å². The lowest BCUT2D eigenvalue weighted by Gasteiger charge is -2.39. The molecule has 2 aromatic rings. The second-order valence-corrected chi connectivity index (χ2v) is 11.4. The van der Waals surface area contributed by atoms with E-state index in [1.54, 1.807) is 20.8 Å². The number of aliphatic carboxylic acids is 1. The molecule has 0 aromatic heterocycles. The predicted molar refractivity (Wildman–Crippen MR) is 142 cm³/mol. The summed E-state index contributed by atoms with van der Waals surface area (Å²) < 4.78 is 51.1. The van der Waals surface area contributed by atoms with Gasteiger partial charge in [-0.1, -0.05) is 24.3 Å². The standard InChI is InChI=1S/C26H33NO14S/c1-26(2,3)39-25(34)27-16(23(32)33)12-14-8-10-15(11-9-14)40-42(35,36)41-18-7-5-4-6-17(18)37-24-22(31)21(30)20(29)19(13-28)38-24/h4-11,16,19-22,24,28-31H,12-13H2,1-3H3,(H,27,34)(H,32,33)/t16?,19-,20+,21+,22-,24-/m1/s1. The molecule has 16 heteroatoms. The van der Waals surface area contributed by atoms with Gasteiger partial charge in [0.15, 0.2) is 11.5 Å². The largest absolute Gasteiger partial charge is 0.501 e. The molecule has 1 heterocycles. The van der Waals surface area contributed by atoms with Crippen molar-refractivity contribution in [2.45, 2.75) is 69.5 Å². The van der Waals surface area contributed by atoms with E-state index in [2.05, 4.69) is 5.32 Å². The fourth-order valence-corrected chi connectivity index (χ4v) is 4.46. The number of aliphatic hydroxyl groups excluding tert-OH is 4. The third-order valence-corrected chi connectivity index (χ3v) is 6.46. The monoisotopic (exact) mass is 615 g/mol. The van der Waals surface area contributed by atoms with Gasteiger partial charge in [-0.15, -0.1) is 8.42 Å². The quantitative estimate of drug-likeness (QED) is 0.197. The van der Waals surface area contributed by atoms with Gasteiger partial charge in [-0.05, 0) is 50.6 Å². The SMILES string of the molecule is CC(C)(C)OC(=O)NC(Cc1ccc(OS(=O)(=O)Oc2ccccc2O[C@@H]2O[C@H](CO)[C@H](O)[C@H](O)[C@H]2O)cc1)C(=O)O. The molecule has 0 saturated carbocycles. The molecule has 1 amide bonds. The molecule has 6 N–H and O–H groups in total. The molecule has 6 atom stereocenters. The summed E-state index contributed by atoms with van der Waals surface area (Å²) in [5, 5.41) is 51.2. The van der Waals surface area contributed by atoms with Gasteiger partial charge in [-0.2, -0.15) is 0 Å². The minimum Gasteiger partial charge on any atom is -0.480 e. The summed E-state index contributed by atoms with van der Waals surface area (Å²) in [5.74, 6) is -2.09. The van der Waals surface area contributed by atoms with Crippen molar-refractivity contribution < 1.29 is 66.1 Å². The van der Waals surface area contributed by atoms with Crippen LogP contribution in [-0.4, -0.2) is 95.0 Å². The smallest absolute Gasteiger partial charge is 0.480 e. The first kappa shape index (κ1) is 32.8. The van der Waals surface area contributed by atoms with E-state index >= 15 is 0 Å². The molecule has 1 fully saturated rings. The topological polar surface area (TPSA) is 228 Å². The number of nitrogens with one attached hydrogen (secondary N) is 1. The van der Waals surface area contributed by atoms with E-state index in [0.717, 1.165) is 0 Å². The molecule has 1 saturated heterocycles. The maximum atomic E-state index is 12.6. The van der Waals surface area contributed by atoms with Crippen molar-refractivity contribution >= 4 is 22.5 Å². The Bertz CT molecular complexity index is 1330. The Morgan fingerprint density at radius 1 is 0.952 bits per heavy atom. The lowest BCUT2D eigenvalue weighted by atomic mass is 9.99. The van der Waals surface area contributed by atoms with Gasteiger partial charge in [0.2, 0.25) is 6.29 Å². The third kappa shape index (κ3) is 9.17. The van der Waals surface area contributed by atoms with E-state index in [1.807, 2.05) is 0 Å². The first-order valence-electron chi connectivity index (χ1n) is 12.6. The summed E-state index contributed by atoms with van der Waals surface area (Å²) in [6.45, 7) is 4.20. The van der Waals surface area contributed by atoms with E-state index < -0.39 is 71.4 Å². The summed E-state index contributed by atoms with van der Waals surface area (Å²) >= 11 is 0. The highest BCUT2D eigenvalue weighted by Gasteiger charge is 2.45. The van der Waals surface area contributed by atoms with Crippen LogP contribution in [0.15, 0.2) is 48.5 Å². The maximum absolute atomic E-state index is 12.6. The van der Waals surface area contributed by atoms with Gasteiger partial charge in [0.1, 0.15) is 41.8 Å². The molecular formula is C26H33NO14S. The molecule has 15 nitrogen and oxygen atoms in total. The van der Waals surface area contributed by atoms with Gasteiger partial charge in [-0.3, -0.25) is 0 Å². The summed E-state index contributed by atoms with van der Waals surface area (Å²) in [6, 6.07) is 9.35. The number of ether oxygens (including phenoxy) is 3. The van der Waals surface area contributed by atoms with Crippen LogP contribution >= 0.6 is 0 Å². The molecule has 3 rings (SSSR count). The van der Waals surface area contributed by atoms with Crippen molar-refractivity contribution in [3.8, 4) is 17.2 Å². The first-order chi connectivity index (χ1) is 19.6. The zero-order valence-corrected chi connectivity index (χ0v) is 23.6. The zero-order chi connectivity index (χ0) is 31.2. The molecule has 1 unspecified atom stereocenters. The molecule has 0 radical (unpaired) electrons. The van der Waals surface area contributed by atoms with Crippen molar-refractivity contribution in [3.63, 3.8) is 0 Å². The highest BCUT2D eigenvalue weighted by atomic mass is 32.3. The van der Waals surface area contributed by atoms with Crippen LogP contribution in [0.1, 0.15) is 26.3 Å². The molecule has 0 aliphatic carbocycles. The van der Waals surface area contributed by atoms with Crippen molar-refractivity contribution in [1.82, 2.24) is 5.32 Å². The number of carboxylic acid groups (broad SMARTS) is 1. The van der Waals surface area contributed by atoms with Crippen LogP contribution in [0.25, 0.3) is 0 Å². The number of carboxylic acids is 1. The average Bonchev–Trinajstić information content (AvgIpc) is 2.89. The van der Waals surface area contributed by atoms with Crippen molar-refractivity contribution in [2.24, 2.45) is 0 Å². The van der Waals surface area contributed by atoms with E-state index in [4.69, 9.17) is 22.6 Å². The Balaban J connectivity index is 1.66. The lowest BCUT2D eigenvalue weighted by molar-refractivity contribution is -0.277. The first-order valence-corrected chi connectivity index (χ1v) is 13.9. The molecule has 0 bridgehead atoms. The highest BCUT2D eigenvalue weighted by Crippen LogP contribution is 2.32. The van der Waals surface area contributed by atoms with Crippen molar-refractivity contribution in [2.75, 3.05) is 6.61 Å². The normalized spacial score (nSPS) is 23.4. The number of amides is 1. The van der Waals surface area contributed by atoms with Crippen LogP contribution in [-0.2, 0) is 31.1 Å². The average molecular weight is 616 g/mol. The van der Waals surface area contributed by atoms with E-state index in [1.165, 1.54) is 48.5 Å². The molecule has 1 aliphatic heterocycles. The van der Waals surface area contributed by atoms with Crippen LogP contribution in [0.3, 0.4) is 0 Å². The Labute approximate surface area is 241 Å². The Morgan fingerprint density at radius 3 is 2.14 bits per heavy atom. The number of rotatable bonds is 11. The Morgan fingerprint density at radius 2 is 1.57 bits per heavy atom. The number of alkyl carbamates (subject to hydrolysis) is 1. The van der Waals surface area contributed by atoms with E-state index in [9.17, 15) is 43.5 Å².